The lowest BCUT2D eigenvalue weighted by Crippen LogP contribution is -1.89. The summed E-state index contributed by atoms with van der Waals surface area (Å²) in [5, 5.41) is 0. The molecule has 0 saturated heterocycles. The van der Waals surface area contributed by atoms with E-state index in [1.807, 2.05) is 18.4 Å². The van der Waals surface area contributed by atoms with Crippen molar-refractivity contribution < 1.29 is 4.74 Å². The molecule has 0 aliphatic heterocycles. The van der Waals surface area contributed by atoms with Gasteiger partial charge in [0, 0.05) is 6.20 Å². The standard InChI is InChI=1S/C11H8N4OS2/c1-17-11-15-9-8(18-11)10(14-6-13-9)16-7-3-2-4-12-5-7/h2-6H,1H3. The van der Waals surface area contributed by atoms with E-state index in [1.165, 1.54) is 17.7 Å². The molecule has 7 heteroatoms. The van der Waals surface area contributed by atoms with E-state index >= 15 is 0 Å². The summed E-state index contributed by atoms with van der Waals surface area (Å²) in [5.74, 6) is 1.17. The van der Waals surface area contributed by atoms with Crippen LogP contribution >= 0.6 is 23.1 Å². The molecule has 0 atom stereocenters. The Bertz CT molecular complexity index is 671. The molecular formula is C11H8N4OS2. The van der Waals surface area contributed by atoms with Gasteiger partial charge < -0.3 is 4.74 Å². The number of fused-ring (bicyclic) bond motifs is 1. The Labute approximate surface area is 111 Å². The topological polar surface area (TPSA) is 60.8 Å². The van der Waals surface area contributed by atoms with Crippen molar-refractivity contribution in [3.05, 3.63) is 30.9 Å². The van der Waals surface area contributed by atoms with Gasteiger partial charge in [-0.1, -0.05) is 11.8 Å². The summed E-state index contributed by atoms with van der Waals surface area (Å²) in [6.07, 6.45) is 6.77. The Hall–Kier alpha value is -1.73. The van der Waals surface area contributed by atoms with Gasteiger partial charge >= 0.3 is 0 Å². The normalized spacial score (nSPS) is 10.7. The van der Waals surface area contributed by atoms with E-state index in [0.717, 1.165) is 9.04 Å². The molecule has 3 rings (SSSR count). The smallest absolute Gasteiger partial charge is 0.242 e. The molecule has 3 aromatic rings. The van der Waals surface area contributed by atoms with E-state index in [0.29, 0.717) is 17.3 Å². The number of ether oxygens (including phenoxy) is 1. The average Bonchev–Trinajstić information content (AvgIpc) is 2.84. The van der Waals surface area contributed by atoms with Gasteiger partial charge in [0.25, 0.3) is 0 Å². The van der Waals surface area contributed by atoms with Gasteiger partial charge in [-0.15, -0.1) is 11.3 Å². The minimum Gasteiger partial charge on any atom is -0.436 e. The van der Waals surface area contributed by atoms with Gasteiger partial charge in [-0.3, -0.25) is 4.98 Å². The molecule has 0 saturated carbocycles. The highest BCUT2D eigenvalue weighted by molar-refractivity contribution is 8.00. The van der Waals surface area contributed by atoms with Crippen molar-refractivity contribution in [2.24, 2.45) is 0 Å². The third-order valence-corrected chi connectivity index (χ3v) is 4.18. The van der Waals surface area contributed by atoms with E-state index in [9.17, 15) is 0 Å². The van der Waals surface area contributed by atoms with Crippen LogP contribution in [0.3, 0.4) is 0 Å². The van der Waals surface area contributed by atoms with Crippen LogP contribution in [0.5, 0.6) is 11.6 Å². The van der Waals surface area contributed by atoms with Gasteiger partial charge in [0.15, 0.2) is 9.99 Å². The third-order valence-electron chi connectivity index (χ3n) is 2.16. The second-order valence-corrected chi connectivity index (χ2v) is 5.36. The number of thioether (sulfide) groups is 1. The van der Waals surface area contributed by atoms with Crippen molar-refractivity contribution in [1.29, 1.82) is 0 Å². The van der Waals surface area contributed by atoms with Crippen LogP contribution in [0.2, 0.25) is 0 Å². The molecular weight excluding hydrogens is 268 g/mol. The monoisotopic (exact) mass is 276 g/mol. The fraction of sp³-hybridized carbons (Fsp3) is 0.0909. The average molecular weight is 276 g/mol. The lowest BCUT2D eigenvalue weighted by atomic mass is 10.5. The van der Waals surface area contributed by atoms with E-state index in [2.05, 4.69) is 19.9 Å². The predicted octanol–water partition coefficient (Wildman–Crippen LogP) is 3.00. The molecule has 90 valence electrons. The van der Waals surface area contributed by atoms with Crippen molar-refractivity contribution >= 4 is 33.4 Å². The minimum absolute atomic E-state index is 0.519. The summed E-state index contributed by atoms with van der Waals surface area (Å²) < 4.78 is 7.50. The van der Waals surface area contributed by atoms with Gasteiger partial charge in [0.05, 0.1) is 6.20 Å². The van der Waals surface area contributed by atoms with Crippen LogP contribution in [-0.2, 0) is 0 Å². The summed E-state index contributed by atoms with van der Waals surface area (Å²) in [7, 11) is 0. The fourth-order valence-electron chi connectivity index (χ4n) is 1.39. The third kappa shape index (κ3) is 2.14. The predicted molar refractivity (Wildman–Crippen MR) is 71.3 cm³/mol. The quantitative estimate of drug-likeness (QED) is 0.685. The van der Waals surface area contributed by atoms with Crippen LogP contribution in [0.15, 0.2) is 35.2 Å². The van der Waals surface area contributed by atoms with E-state index in [1.54, 1.807) is 24.2 Å². The van der Waals surface area contributed by atoms with Crippen LogP contribution in [0.4, 0.5) is 0 Å². The summed E-state index contributed by atoms with van der Waals surface area (Å²) in [6.45, 7) is 0. The zero-order valence-corrected chi connectivity index (χ0v) is 11.0. The Kier molecular flexibility index (Phi) is 3.07. The van der Waals surface area contributed by atoms with Crippen LogP contribution in [0.25, 0.3) is 10.3 Å². The number of hydrogen-bond donors (Lipinski definition) is 0. The molecule has 0 bridgehead atoms. The van der Waals surface area contributed by atoms with E-state index in [-0.39, 0.29) is 0 Å². The van der Waals surface area contributed by atoms with Crippen molar-refractivity contribution in [3.8, 4) is 11.6 Å². The number of hydrogen-bond acceptors (Lipinski definition) is 7. The summed E-state index contributed by atoms with van der Waals surface area (Å²) in [5.41, 5.74) is 0.665. The van der Waals surface area contributed by atoms with E-state index in [4.69, 9.17) is 4.74 Å². The number of aromatic nitrogens is 4. The van der Waals surface area contributed by atoms with Crippen LogP contribution < -0.4 is 4.74 Å². The zero-order chi connectivity index (χ0) is 12.4. The molecule has 0 aromatic carbocycles. The zero-order valence-electron chi connectivity index (χ0n) is 9.40. The fourth-order valence-corrected chi connectivity index (χ4v) is 2.83. The maximum absolute atomic E-state index is 5.70. The molecule has 0 radical (unpaired) electrons. The van der Waals surface area contributed by atoms with Crippen molar-refractivity contribution in [2.45, 2.75) is 4.34 Å². The number of thiazole rings is 1. The van der Waals surface area contributed by atoms with Gasteiger partial charge in [0.1, 0.15) is 16.8 Å². The molecule has 5 nitrogen and oxygen atoms in total. The maximum Gasteiger partial charge on any atom is 0.242 e. The lowest BCUT2D eigenvalue weighted by Gasteiger charge is -2.03. The van der Waals surface area contributed by atoms with Gasteiger partial charge in [0.2, 0.25) is 5.88 Å². The number of pyridine rings is 1. The molecule has 3 heterocycles. The van der Waals surface area contributed by atoms with Gasteiger partial charge in [-0.2, -0.15) is 0 Å². The summed E-state index contributed by atoms with van der Waals surface area (Å²) in [4.78, 5) is 16.6. The Morgan fingerprint density at radius 1 is 1.33 bits per heavy atom. The van der Waals surface area contributed by atoms with Crippen molar-refractivity contribution in [3.63, 3.8) is 0 Å². The maximum atomic E-state index is 5.70. The largest absolute Gasteiger partial charge is 0.436 e. The van der Waals surface area contributed by atoms with E-state index < -0.39 is 0 Å². The van der Waals surface area contributed by atoms with Gasteiger partial charge in [-0.05, 0) is 18.4 Å². The molecule has 0 N–H and O–H groups in total. The highest BCUT2D eigenvalue weighted by Crippen LogP contribution is 2.33. The first-order valence-corrected chi connectivity index (χ1v) is 7.14. The summed E-state index contributed by atoms with van der Waals surface area (Å²) >= 11 is 3.11. The summed E-state index contributed by atoms with van der Waals surface area (Å²) in [6, 6.07) is 3.64. The van der Waals surface area contributed by atoms with Crippen LogP contribution in [-0.4, -0.2) is 26.2 Å². The van der Waals surface area contributed by atoms with Crippen molar-refractivity contribution in [1.82, 2.24) is 19.9 Å². The highest BCUT2D eigenvalue weighted by Gasteiger charge is 2.11. The second-order valence-electron chi connectivity index (χ2n) is 3.31. The van der Waals surface area contributed by atoms with Crippen molar-refractivity contribution in [2.75, 3.05) is 6.26 Å². The molecule has 3 aromatic heterocycles. The molecule has 0 amide bonds. The lowest BCUT2D eigenvalue weighted by molar-refractivity contribution is 0.467. The Morgan fingerprint density at radius 3 is 3.06 bits per heavy atom. The number of rotatable bonds is 3. The first kappa shape index (κ1) is 11.4. The molecule has 0 unspecified atom stereocenters. The Balaban J connectivity index is 2.03. The highest BCUT2D eigenvalue weighted by atomic mass is 32.2. The van der Waals surface area contributed by atoms with Crippen LogP contribution in [0, 0.1) is 0 Å². The van der Waals surface area contributed by atoms with Gasteiger partial charge in [-0.25, -0.2) is 15.0 Å². The first-order valence-electron chi connectivity index (χ1n) is 5.10. The Morgan fingerprint density at radius 2 is 2.28 bits per heavy atom. The number of nitrogens with zero attached hydrogens (tertiary/aromatic N) is 4. The first-order chi connectivity index (χ1) is 8.86. The molecule has 0 fully saturated rings. The molecule has 18 heavy (non-hydrogen) atoms. The molecule has 0 aliphatic carbocycles. The minimum atomic E-state index is 0.519. The molecule has 0 aliphatic rings. The molecule has 0 spiro atoms. The SMILES string of the molecule is CSc1nc2ncnc(Oc3cccnc3)c2s1. The second kappa shape index (κ2) is 4.87. The van der Waals surface area contributed by atoms with Crippen LogP contribution in [0.1, 0.15) is 0 Å².